The molecule has 1 fully saturated rings. The Morgan fingerprint density at radius 1 is 1.38 bits per heavy atom. The fraction of sp³-hybridized carbons (Fsp3) is 0.421. The molecule has 1 aliphatic heterocycles. The summed E-state index contributed by atoms with van der Waals surface area (Å²) in [4.78, 5) is 13.9. The van der Waals surface area contributed by atoms with E-state index in [1.54, 1.807) is 6.07 Å². The number of hydrogen-bond donors (Lipinski definition) is 1. The maximum absolute atomic E-state index is 11.6. The van der Waals surface area contributed by atoms with Crippen molar-refractivity contribution in [1.82, 2.24) is 10.2 Å². The molecule has 0 aliphatic carbocycles. The Kier molecular flexibility index (Phi) is 5.33. The Bertz CT molecular complexity index is 678. The number of nitrogens with one attached hydrogen (secondary N) is 1. The van der Waals surface area contributed by atoms with Crippen molar-refractivity contribution in [3.8, 4) is 0 Å². The average Bonchev–Trinajstić information content (AvgIpc) is 3.10. The van der Waals surface area contributed by atoms with Gasteiger partial charge in [-0.3, -0.25) is 4.90 Å². The molecule has 2 aromatic rings. The lowest BCUT2D eigenvalue weighted by Gasteiger charge is -2.36. The van der Waals surface area contributed by atoms with Crippen LogP contribution < -0.4 is 5.32 Å². The Morgan fingerprint density at radius 2 is 2.17 bits per heavy atom. The van der Waals surface area contributed by atoms with E-state index in [0.717, 1.165) is 31.8 Å². The van der Waals surface area contributed by atoms with Crippen molar-refractivity contribution in [1.29, 1.82) is 0 Å². The van der Waals surface area contributed by atoms with Crippen LogP contribution in [0.25, 0.3) is 0 Å². The molecule has 3 rings (SSSR count). The Hall–Kier alpha value is -2.11. The third-order valence-electron chi connectivity index (χ3n) is 4.56. The van der Waals surface area contributed by atoms with Gasteiger partial charge in [-0.15, -0.1) is 0 Å². The fourth-order valence-corrected chi connectivity index (χ4v) is 3.13. The maximum Gasteiger partial charge on any atom is 0.341 e. The number of hydrogen-bond acceptors (Lipinski definition) is 5. The van der Waals surface area contributed by atoms with Crippen LogP contribution in [0.1, 0.15) is 40.2 Å². The maximum atomic E-state index is 11.6. The lowest BCUT2D eigenvalue weighted by Crippen LogP contribution is -2.45. The summed E-state index contributed by atoms with van der Waals surface area (Å²) in [5.41, 5.74) is 3.12. The summed E-state index contributed by atoms with van der Waals surface area (Å²) in [6.45, 7) is 5.65. The summed E-state index contributed by atoms with van der Waals surface area (Å²) in [5, 5.41) is 3.46. The number of piperazine rings is 1. The lowest BCUT2D eigenvalue weighted by atomic mass is 10.0. The molecule has 1 N–H and O–H groups in total. The largest absolute Gasteiger partial charge is 0.467 e. The van der Waals surface area contributed by atoms with Crippen molar-refractivity contribution >= 4 is 5.97 Å². The van der Waals surface area contributed by atoms with Gasteiger partial charge in [-0.05, 0) is 23.6 Å². The molecule has 5 nitrogen and oxygen atoms in total. The first kappa shape index (κ1) is 16.7. The monoisotopic (exact) mass is 328 g/mol. The highest BCUT2D eigenvalue weighted by molar-refractivity contribution is 5.88. The molecule has 1 saturated heterocycles. The number of aryl methyl sites for hydroxylation is 1. The highest BCUT2D eigenvalue weighted by Gasteiger charge is 2.25. The van der Waals surface area contributed by atoms with Crippen LogP contribution in [0.3, 0.4) is 0 Å². The first-order valence-electron chi connectivity index (χ1n) is 8.40. The number of ether oxygens (including phenoxy) is 1. The van der Waals surface area contributed by atoms with Gasteiger partial charge in [0.15, 0.2) is 0 Å². The number of carbonyl (C=O) groups is 1. The standard InChI is InChI=1S/C19H24N2O3/c1-3-14-4-6-15(7-5-14)18-11-20-8-9-21(18)12-17-10-16(13-24-17)19(22)23-2/h4-7,10,13,18,20H,3,8-9,11-12H2,1-2H3. The summed E-state index contributed by atoms with van der Waals surface area (Å²) in [5.74, 6) is 0.421. The van der Waals surface area contributed by atoms with E-state index in [1.165, 1.54) is 24.5 Å². The summed E-state index contributed by atoms with van der Waals surface area (Å²) < 4.78 is 10.3. The lowest BCUT2D eigenvalue weighted by molar-refractivity contribution is 0.0600. The Labute approximate surface area is 142 Å². The normalized spacial score (nSPS) is 18.5. The summed E-state index contributed by atoms with van der Waals surface area (Å²) in [7, 11) is 1.38. The highest BCUT2D eigenvalue weighted by Crippen LogP contribution is 2.25. The minimum atomic E-state index is -0.364. The number of nitrogens with zero attached hydrogens (tertiary/aromatic N) is 1. The molecule has 5 heteroatoms. The number of esters is 1. The van der Waals surface area contributed by atoms with Gasteiger partial charge >= 0.3 is 5.97 Å². The number of rotatable bonds is 5. The van der Waals surface area contributed by atoms with Gasteiger partial charge < -0.3 is 14.5 Å². The summed E-state index contributed by atoms with van der Waals surface area (Å²) in [6, 6.07) is 10.9. The molecule has 24 heavy (non-hydrogen) atoms. The van der Waals surface area contributed by atoms with Gasteiger partial charge in [0.2, 0.25) is 0 Å². The van der Waals surface area contributed by atoms with E-state index in [2.05, 4.69) is 41.4 Å². The third kappa shape index (κ3) is 3.68. The number of carbonyl (C=O) groups excluding carboxylic acids is 1. The number of benzene rings is 1. The van der Waals surface area contributed by atoms with Crippen molar-refractivity contribution in [2.24, 2.45) is 0 Å². The van der Waals surface area contributed by atoms with Crippen molar-refractivity contribution in [2.45, 2.75) is 25.9 Å². The van der Waals surface area contributed by atoms with Gasteiger partial charge in [-0.1, -0.05) is 31.2 Å². The van der Waals surface area contributed by atoms with Crippen molar-refractivity contribution in [3.63, 3.8) is 0 Å². The van der Waals surface area contributed by atoms with Crippen LogP contribution >= 0.6 is 0 Å². The molecule has 128 valence electrons. The van der Waals surface area contributed by atoms with Crippen LogP contribution in [0.15, 0.2) is 41.0 Å². The molecule has 1 aromatic heterocycles. The topological polar surface area (TPSA) is 54.7 Å². The van der Waals surface area contributed by atoms with Crippen molar-refractivity contribution in [3.05, 3.63) is 59.0 Å². The molecular weight excluding hydrogens is 304 g/mol. The van der Waals surface area contributed by atoms with Gasteiger partial charge in [-0.25, -0.2) is 4.79 Å². The number of methoxy groups -OCH3 is 1. The molecule has 1 atom stereocenters. The van der Waals surface area contributed by atoms with Crippen LogP contribution in [0.2, 0.25) is 0 Å². The molecule has 1 unspecified atom stereocenters. The smallest absolute Gasteiger partial charge is 0.341 e. The molecule has 0 amide bonds. The summed E-state index contributed by atoms with van der Waals surface area (Å²) >= 11 is 0. The van der Waals surface area contributed by atoms with E-state index >= 15 is 0 Å². The Morgan fingerprint density at radius 3 is 2.88 bits per heavy atom. The van der Waals surface area contributed by atoms with Gasteiger partial charge in [0.05, 0.1) is 19.2 Å². The molecule has 0 spiro atoms. The predicted octanol–water partition coefficient (Wildman–Crippen LogP) is 2.78. The van der Waals surface area contributed by atoms with Crippen LogP contribution in [0.4, 0.5) is 0 Å². The zero-order chi connectivity index (χ0) is 16.9. The van der Waals surface area contributed by atoms with Gasteiger partial charge in [0.1, 0.15) is 12.0 Å². The molecule has 0 radical (unpaired) electrons. The van der Waals surface area contributed by atoms with E-state index in [4.69, 9.17) is 9.15 Å². The van der Waals surface area contributed by atoms with Gasteiger partial charge in [-0.2, -0.15) is 0 Å². The van der Waals surface area contributed by atoms with Crippen molar-refractivity contribution < 1.29 is 13.9 Å². The van der Waals surface area contributed by atoms with Gasteiger partial charge in [0, 0.05) is 25.7 Å². The van der Waals surface area contributed by atoms with E-state index in [1.807, 2.05) is 0 Å². The second-order valence-corrected chi connectivity index (χ2v) is 6.08. The Balaban J connectivity index is 1.74. The van der Waals surface area contributed by atoms with Crippen LogP contribution in [0.5, 0.6) is 0 Å². The molecular formula is C19H24N2O3. The second-order valence-electron chi connectivity index (χ2n) is 6.08. The second kappa shape index (κ2) is 7.64. The molecule has 1 aliphatic rings. The summed E-state index contributed by atoms with van der Waals surface area (Å²) in [6.07, 6.45) is 2.52. The fourth-order valence-electron chi connectivity index (χ4n) is 3.13. The quantitative estimate of drug-likeness (QED) is 0.856. The van der Waals surface area contributed by atoms with E-state index < -0.39 is 0 Å². The van der Waals surface area contributed by atoms with Gasteiger partial charge in [0.25, 0.3) is 0 Å². The minimum Gasteiger partial charge on any atom is -0.467 e. The van der Waals surface area contributed by atoms with Crippen LogP contribution in [-0.4, -0.2) is 37.6 Å². The average molecular weight is 328 g/mol. The first-order chi connectivity index (χ1) is 11.7. The highest BCUT2D eigenvalue weighted by atomic mass is 16.5. The van der Waals surface area contributed by atoms with Crippen molar-refractivity contribution in [2.75, 3.05) is 26.7 Å². The van der Waals surface area contributed by atoms with E-state index in [9.17, 15) is 4.79 Å². The molecule has 0 saturated carbocycles. The predicted molar refractivity (Wildman–Crippen MR) is 91.9 cm³/mol. The van der Waals surface area contributed by atoms with E-state index in [0.29, 0.717) is 18.2 Å². The first-order valence-corrected chi connectivity index (χ1v) is 8.40. The van der Waals surface area contributed by atoms with E-state index in [-0.39, 0.29) is 5.97 Å². The zero-order valence-electron chi connectivity index (χ0n) is 14.2. The SMILES string of the molecule is CCc1ccc(C2CNCCN2Cc2cc(C(=O)OC)co2)cc1. The molecule has 2 heterocycles. The number of furan rings is 1. The minimum absolute atomic E-state index is 0.302. The molecule has 1 aromatic carbocycles. The third-order valence-corrected chi connectivity index (χ3v) is 4.56. The zero-order valence-corrected chi connectivity index (χ0v) is 14.2. The van der Waals surface area contributed by atoms with Crippen LogP contribution in [-0.2, 0) is 17.7 Å². The molecule has 0 bridgehead atoms. The van der Waals surface area contributed by atoms with Crippen LogP contribution in [0, 0.1) is 0 Å².